The van der Waals surface area contributed by atoms with Crippen molar-refractivity contribution in [1.29, 1.82) is 0 Å². The maximum Gasteiger partial charge on any atom is 0.0928 e. The zero-order chi connectivity index (χ0) is 9.26. The molecule has 0 aromatic carbocycles. The molecule has 0 N–H and O–H groups in total. The summed E-state index contributed by atoms with van der Waals surface area (Å²) in [6.45, 7) is 1.96. The highest BCUT2D eigenvalue weighted by Crippen LogP contribution is 2.15. The molecule has 2 nitrogen and oxygen atoms in total. The molecule has 0 unspecified atom stereocenters. The van der Waals surface area contributed by atoms with Gasteiger partial charge in [-0.25, -0.2) is 0 Å². The Morgan fingerprint density at radius 2 is 2.23 bits per heavy atom. The van der Waals surface area contributed by atoms with Crippen molar-refractivity contribution in [2.75, 3.05) is 0 Å². The Hall–Kier alpha value is -1.88. The van der Waals surface area contributed by atoms with Crippen molar-refractivity contribution >= 4 is 11.0 Å². The van der Waals surface area contributed by atoms with Crippen LogP contribution < -0.4 is 0 Å². The highest BCUT2D eigenvalue weighted by atomic mass is 14.7. The largest absolute Gasteiger partial charge is 0.254 e. The van der Waals surface area contributed by atoms with Crippen molar-refractivity contribution in [2.45, 2.75) is 6.92 Å². The number of terminal acetylenes is 1. The van der Waals surface area contributed by atoms with E-state index in [0.717, 1.165) is 22.2 Å². The quantitative estimate of drug-likeness (QED) is 0.561. The van der Waals surface area contributed by atoms with Gasteiger partial charge in [0.25, 0.3) is 0 Å². The molecule has 0 saturated carbocycles. The van der Waals surface area contributed by atoms with Crippen LogP contribution in [0.25, 0.3) is 11.0 Å². The molecule has 0 aliphatic heterocycles. The Bertz CT molecular complexity index is 495. The highest BCUT2D eigenvalue weighted by Gasteiger charge is 2.02. The van der Waals surface area contributed by atoms with Crippen molar-refractivity contribution in [1.82, 2.24) is 9.97 Å². The standard InChI is InChI=1S/C11H8N2/c1-3-9-7-13-10-5-4-6-12-11(10)8(9)2/h1,4-7H,2H3. The molecule has 2 rings (SSSR count). The molecule has 2 heterocycles. The number of hydrogen-bond acceptors (Lipinski definition) is 2. The van der Waals surface area contributed by atoms with E-state index in [4.69, 9.17) is 6.42 Å². The predicted molar refractivity (Wildman–Crippen MR) is 52.2 cm³/mol. The smallest absolute Gasteiger partial charge is 0.0928 e. The number of hydrogen-bond donors (Lipinski definition) is 0. The van der Waals surface area contributed by atoms with Gasteiger partial charge in [-0.2, -0.15) is 0 Å². The number of aromatic nitrogens is 2. The summed E-state index contributed by atoms with van der Waals surface area (Å²) in [6, 6.07) is 3.79. The van der Waals surface area contributed by atoms with Gasteiger partial charge in [0.1, 0.15) is 0 Å². The third kappa shape index (κ3) is 1.15. The van der Waals surface area contributed by atoms with Crippen molar-refractivity contribution in [3.8, 4) is 12.3 Å². The summed E-state index contributed by atoms with van der Waals surface area (Å²) in [6.07, 6.45) is 8.78. The van der Waals surface area contributed by atoms with Gasteiger partial charge in [-0.1, -0.05) is 5.92 Å². The summed E-state index contributed by atoms with van der Waals surface area (Å²) in [7, 11) is 0. The zero-order valence-electron chi connectivity index (χ0n) is 7.28. The van der Waals surface area contributed by atoms with Crippen LogP contribution in [0.5, 0.6) is 0 Å². The molecule has 0 bridgehead atoms. The lowest BCUT2D eigenvalue weighted by Gasteiger charge is -2.01. The Kier molecular flexibility index (Phi) is 1.71. The van der Waals surface area contributed by atoms with E-state index >= 15 is 0 Å². The fourth-order valence-electron chi connectivity index (χ4n) is 1.29. The van der Waals surface area contributed by atoms with Gasteiger partial charge in [0.05, 0.1) is 11.0 Å². The molecule has 2 aromatic heterocycles. The second-order valence-corrected chi connectivity index (χ2v) is 2.81. The lowest BCUT2D eigenvalue weighted by atomic mass is 10.1. The molecule has 2 aromatic rings. The van der Waals surface area contributed by atoms with Crippen molar-refractivity contribution in [2.24, 2.45) is 0 Å². The van der Waals surface area contributed by atoms with Gasteiger partial charge in [-0.15, -0.1) is 6.42 Å². The molecule has 2 heteroatoms. The third-order valence-corrected chi connectivity index (χ3v) is 2.03. The second-order valence-electron chi connectivity index (χ2n) is 2.81. The Balaban J connectivity index is 2.89. The van der Waals surface area contributed by atoms with E-state index in [-0.39, 0.29) is 0 Å². The topological polar surface area (TPSA) is 25.8 Å². The number of aryl methyl sites for hydroxylation is 1. The van der Waals surface area contributed by atoms with Crippen molar-refractivity contribution in [3.63, 3.8) is 0 Å². The zero-order valence-corrected chi connectivity index (χ0v) is 7.28. The first kappa shape index (κ1) is 7.75. The highest BCUT2D eigenvalue weighted by molar-refractivity contribution is 5.79. The van der Waals surface area contributed by atoms with E-state index in [1.54, 1.807) is 12.4 Å². The van der Waals surface area contributed by atoms with E-state index < -0.39 is 0 Å². The van der Waals surface area contributed by atoms with E-state index in [0.29, 0.717) is 0 Å². The van der Waals surface area contributed by atoms with Crippen molar-refractivity contribution in [3.05, 3.63) is 35.7 Å². The lowest BCUT2D eigenvalue weighted by molar-refractivity contribution is 1.28. The van der Waals surface area contributed by atoms with Crippen LogP contribution in [0.4, 0.5) is 0 Å². The summed E-state index contributed by atoms with van der Waals surface area (Å²) in [5.74, 6) is 2.58. The maximum absolute atomic E-state index is 5.32. The van der Waals surface area contributed by atoms with Crippen LogP contribution >= 0.6 is 0 Å². The molecule has 0 atom stereocenters. The Morgan fingerprint density at radius 1 is 1.38 bits per heavy atom. The van der Waals surface area contributed by atoms with Gasteiger partial charge in [0.2, 0.25) is 0 Å². The monoisotopic (exact) mass is 168 g/mol. The summed E-state index contributed by atoms with van der Waals surface area (Å²) in [4.78, 5) is 8.44. The van der Waals surface area contributed by atoms with Crippen molar-refractivity contribution < 1.29 is 0 Å². The first-order valence-electron chi connectivity index (χ1n) is 4.00. The third-order valence-electron chi connectivity index (χ3n) is 2.03. The van der Waals surface area contributed by atoms with Gasteiger partial charge in [-0.3, -0.25) is 9.97 Å². The summed E-state index contributed by atoms with van der Waals surface area (Å²) in [5.41, 5.74) is 3.61. The number of rotatable bonds is 0. The minimum absolute atomic E-state index is 0.811. The van der Waals surface area contributed by atoms with Crippen LogP contribution in [0.3, 0.4) is 0 Å². The van der Waals surface area contributed by atoms with Gasteiger partial charge in [0.15, 0.2) is 0 Å². The molecule has 0 aliphatic carbocycles. The van der Waals surface area contributed by atoms with Gasteiger partial charge >= 0.3 is 0 Å². The fraction of sp³-hybridized carbons (Fsp3) is 0.0909. The normalized spacial score (nSPS) is 9.85. The van der Waals surface area contributed by atoms with Gasteiger partial charge in [0, 0.05) is 18.0 Å². The summed E-state index contributed by atoms with van der Waals surface area (Å²) in [5, 5.41) is 0. The minimum atomic E-state index is 0.811. The molecular weight excluding hydrogens is 160 g/mol. The van der Waals surface area contributed by atoms with E-state index in [1.807, 2.05) is 19.1 Å². The van der Waals surface area contributed by atoms with E-state index in [2.05, 4.69) is 15.9 Å². The van der Waals surface area contributed by atoms with Crippen LogP contribution in [0.15, 0.2) is 24.5 Å². The molecule has 0 aliphatic rings. The van der Waals surface area contributed by atoms with Crippen LogP contribution in [0, 0.1) is 19.3 Å². The van der Waals surface area contributed by atoms with Gasteiger partial charge < -0.3 is 0 Å². The molecule has 0 fully saturated rings. The average Bonchev–Trinajstić information content (AvgIpc) is 2.19. The average molecular weight is 168 g/mol. The number of pyridine rings is 2. The van der Waals surface area contributed by atoms with E-state index in [1.165, 1.54) is 0 Å². The van der Waals surface area contributed by atoms with Crippen LogP contribution in [0.1, 0.15) is 11.1 Å². The molecule has 62 valence electrons. The first-order chi connectivity index (χ1) is 6.33. The minimum Gasteiger partial charge on any atom is -0.254 e. The van der Waals surface area contributed by atoms with E-state index in [9.17, 15) is 0 Å². The molecule has 13 heavy (non-hydrogen) atoms. The SMILES string of the molecule is C#Cc1cnc2cccnc2c1C. The summed E-state index contributed by atoms with van der Waals surface area (Å²) >= 11 is 0. The molecule has 0 amide bonds. The predicted octanol–water partition coefficient (Wildman–Crippen LogP) is 1.92. The second kappa shape index (κ2) is 2.87. The first-order valence-corrected chi connectivity index (χ1v) is 4.00. The maximum atomic E-state index is 5.32. The number of nitrogens with zero attached hydrogens (tertiary/aromatic N) is 2. The number of fused-ring (bicyclic) bond motifs is 1. The molecular formula is C11H8N2. The van der Waals surface area contributed by atoms with Crippen LogP contribution in [-0.4, -0.2) is 9.97 Å². The fourth-order valence-corrected chi connectivity index (χ4v) is 1.29. The van der Waals surface area contributed by atoms with Crippen LogP contribution in [0.2, 0.25) is 0 Å². The van der Waals surface area contributed by atoms with Gasteiger partial charge in [-0.05, 0) is 24.6 Å². The Labute approximate surface area is 76.6 Å². The lowest BCUT2D eigenvalue weighted by Crippen LogP contribution is -1.90. The summed E-state index contributed by atoms with van der Waals surface area (Å²) < 4.78 is 0. The molecule has 0 saturated heterocycles. The van der Waals surface area contributed by atoms with Crippen LogP contribution in [-0.2, 0) is 0 Å². The Morgan fingerprint density at radius 3 is 3.00 bits per heavy atom. The molecule has 0 radical (unpaired) electrons. The molecule has 0 spiro atoms.